The van der Waals surface area contributed by atoms with Crippen molar-refractivity contribution in [3.8, 4) is 0 Å². The predicted molar refractivity (Wildman–Crippen MR) is 74.2 cm³/mol. The molecule has 0 spiro atoms. The van der Waals surface area contributed by atoms with Gasteiger partial charge in [-0.25, -0.2) is 0 Å². The van der Waals surface area contributed by atoms with Crippen molar-refractivity contribution in [1.82, 2.24) is 9.78 Å². The van der Waals surface area contributed by atoms with Crippen LogP contribution in [0.1, 0.15) is 34.8 Å². The van der Waals surface area contributed by atoms with Gasteiger partial charge in [0.25, 0.3) is 0 Å². The zero-order valence-electron chi connectivity index (χ0n) is 11.2. The molecule has 0 N–H and O–H groups in total. The lowest BCUT2D eigenvalue weighted by Gasteiger charge is -2.23. The van der Waals surface area contributed by atoms with Crippen LogP contribution >= 0.6 is 0 Å². The molecule has 1 unspecified atom stereocenters. The van der Waals surface area contributed by atoms with Gasteiger partial charge in [0.2, 0.25) is 0 Å². The molecule has 0 bridgehead atoms. The average Bonchev–Trinajstić information content (AvgIpc) is 2.95. The van der Waals surface area contributed by atoms with Crippen LogP contribution in [0.4, 0.5) is 0 Å². The Morgan fingerprint density at radius 3 is 2.89 bits per heavy atom. The highest BCUT2D eigenvalue weighted by atomic mass is 16.1. The zero-order chi connectivity index (χ0) is 13.2. The molecule has 0 saturated heterocycles. The van der Waals surface area contributed by atoms with E-state index in [1.165, 1.54) is 11.1 Å². The fourth-order valence-electron chi connectivity index (χ4n) is 2.82. The van der Waals surface area contributed by atoms with Gasteiger partial charge < -0.3 is 0 Å². The van der Waals surface area contributed by atoms with E-state index in [0.29, 0.717) is 0 Å². The molecule has 1 aromatic carbocycles. The van der Waals surface area contributed by atoms with Gasteiger partial charge >= 0.3 is 0 Å². The van der Waals surface area contributed by atoms with Crippen LogP contribution in [0.5, 0.6) is 0 Å². The highest BCUT2D eigenvalue weighted by Gasteiger charge is 2.25. The van der Waals surface area contributed by atoms with Crippen LogP contribution in [-0.2, 0) is 19.4 Å². The number of aryl methyl sites for hydroxylation is 2. The SMILES string of the molecule is CCn1cc(C(=O)C2CCc3ccccc3C2)cn1. The first-order valence-electron chi connectivity index (χ1n) is 6.91. The summed E-state index contributed by atoms with van der Waals surface area (Å²) < 4.78 is 1.81. The number of benzene rings is 1. The number of hydrogen-bond donors (Lipinski definition) is 0. The third kappa shape index (κ3) is 2.33. The van der Waals surface area contributed by atoms with Crippen molar-refractivity contribution in [3.63, 3.8) is 0 Å². The lowest BCUT2D eigenvalue weighted by atomic mass is 9.80. The average molecular weight is 254 g/mol. The summed E-state index contributed by atoms with van der Waals surface area (Å²) in [6, 6.07) is 8.45. The largest absolute Gasteiger partial charge is 0.294 e. The van der Waals surface area contributed by atoms with Crippen LogP contribution in [0, 0.1) is 5.92 Å². The second-order valence-electron chi connectivity index (χ2n) is 5.16. The minimum Gasteiger partial charge on any atom is -0.294 e. The van der Waals surface area contributed by atoms with Gasteiger partial charge in [-0.15, -0.1) is 0 Å². The second kappa shape index (κ2) is 5.00. The van der Waals surface area contributed by atoms with Crippen molar-refractivity contribution in [1.29, 1.82) is 0 Å². The van der Waals surface area contributed by atoms with Crippen LogP contribution < -0.4 is 0 Å². The first-order valence-corrected chi connectivity index (χ1v) is 6.91. The predicted octanol–water partition coefficient (Wildman–Crippen LogP) is 2.89. The zero-order valence-corrected chi connectivity index (χ0v) is 11.2. The van der Waals surface area contributed by atoms with Crippen LogP contribution in [0.25, 0.3) is 0 Å². The summed E-state index contributed by atoms with van der Waals surface area (Å²) in [5.41, 5.74) is 3.48. The van der Waals surface area contributed by atoms with Gasteiger partial charge in [-0.05, 0) is 37.3 Å². The molecule has 3 heteroatoms. The maximum atomic E-state index is 12.5. The molecular weight excluding hydrogens is 236 g/mol. The highest BCUT2D eigenvalue weighted by Crippen LogP contribution is 2.27. The van der Waals surface area contributed by atoms with Crippen molar-refractivity contribution in [2.75, 3.05) is 0 Å². The van der Waals surface area contributed by atoms with E-state index in [2.05, 4.69) is 29.4 Å². The van der Waals surface area contributed by atoms with Gasteiger partial charge in [0, 0.05) is 18.7 Å². The van der Waals surface area contributed by atoms with Crippen molar-refractivity contribution in [3.05, 3.63) is 53.3 Å². The number of hydrogen-bond acceptors (Lipinski definition) is 2. The number of nitrogens with zero attached hydrogens (tertiary/aromatic N) is 2. The number of Topliss-reactive ketones (excluding diaryl/α,β-unsaturated/α-hetero) is 1. The Bertz CT molecular complexity index is 600. The number of carbonyl (C=O) groups is 1. The Balaban J connectivity index is 1.79. The Kier molecular flexibility index (Phi) is 3.20. The smallest absolute Gasteiger partial charge is 0.169 e. The van der Waals surface area contributed by atoms with Crippen molar-refractivity contribution < 1.29 is 4.79 Å². The van der Waals surface area contributed by atoms with Crippen LogP contribution in [0.15, 0.2) is 36.7 Å². The molecule has 1 aliphatic carbocycles. The Labute approximate surface area is 113 Å². The molecule has 19 heavy (non-hydrogen) atoms. The fourth-order valence-corrected chi connectivity index (χ4v) is 2.82. The van der Waals surface area contributed by atoms with Gasteiger partial charge in [-0.2, -0.15) is 5.10 Å². The molecule has 0 aliphatic heterocycles. The normalized spacial score (nSPS) is 18.1. The molecule has 3 nitrogen and oxygen atoms in total. The van der Waals surface area contributed by atoms with E-state index in [1.807, 2.05) is 17.8 Å². The monoisotopic (exact) mass is 254 g/mol. The first kappa shape index (κ1) is 12.2. The fraction of sp³-hybridized carbons (Fsp3) is 0.375. The summed E-state index contributed by atoms with van der Waals surface area (Å²) in [7, 11) is 0. The van der Waals surface area contributed by atoms with Crippen molar-refractivity contribution >= 4 is 5.78 Å². The minimum absolute atomic E-state index is 0.115. The molecule has 1 aromatic heterocycles. The van der Waals surface area contributed by atoms with Gasteiger partial charge in [0.15, 0.2) is 5.78 Å². The summed E-state index contributed by atoms with van der Waals surface area (Å²) >= 11 is 0. The quantitative estimate of drug-likeness (QED) is 0.789. The van der Waals surface area contributed by atoms with Crippen molar-refractivity contribution in [2.24, 2.45) is 5.92 Å². The van der Waals surface area contributed by atoms with E-state index in [0.717, 1.165) is 31.4 Å². The lowest BCUT2D eigenvalue weighted by molar-refractivity contribution is 0.0908. The van der Waals surface area contributed by atoms with Crippen LogP contribution in [0.3, 0.4) is 0 Å². The Morgan fingerprint density at radius 2 is 2.16 bits per heavy atom. The van der Waals surface area contributed by atoms with Gasteiger partial charge in [0.1, 0.15) is 0 Å². The van der Waals surface area contributed by atoms with Crippen LogP contribution in [-0.4, -0.2) is 15.6 Å². The molecule has 0 saturated carbocycles. The Morgan fingerprint density at radius 1 is 1.37 bits per heavy atom. The molecule has 1 aliphatic rings. The maximum absolute atomic E-state index is 12.5. The third-order valence-corrected chi connectivity index (χ3v) is 3.96. The van der Waals surface area contributed by atoms with Gasteiger partial charge in [0.05, 0.1) is 11.8 Å². The maximum Gasteiger partial charge on any atom is 0.169 e. The van der Waals surface area contributed by atoms with E-state index >= 15 is 0 Å². The summed E-state index contributed by atoms with van der Waals surface area (Å²) in [5.74, 6) is 0.360. The van der Waals surface area contributed by atoms with Gasteiger partial charge in [-0.3, -0.25) is 9.48 Å². The summed E-state index contributed by atoms with van der Waals surface area (Å²) in [5, 5.41) is 4.19. The highest BCUT2D eigenvalue weighted by molar-refractivity contribution is 5.97. The number of rotatable bonds is 3. The number of fused-ring (bicyclic) bond motifs is 1. The summed E-state index contributed by atoms with van der Waals surface area (Å²) in [6.07, 6.45) is 6.39. The van der Waals surface area contributed by atoms with Crippen LogP contribution in [0.2, 0.25) is 0 Å². The third-order valence-electron chi connectivity index (χ3n) is 3.96. The minimum atomic E-state index is 0.115. The van der Waals surface area contributed by atoms with E-state index in [1.54, 1.807) is 6.20 Å². The van der Waals surface area contributed by atoms with Gasteiger partial charge in [-0.1, -0.05) is 24.3 Å². The molecule has 2 aromatic rings. The standard InChI is InChI=1S/C16H18N2O/c1-2-18-11-15(10-17-18)16(19)14-8-7-12-5-3-4-6-13(12)9-14/h3-6,10-11,14H,2,7-9H2,1H3. The lowest BCUT2D eigenvalue weighted by Crippen LogP contribution is -2.22. The molecule has 98 valence electrons. The topological polar surface area (TPSA) is 34.9 Å². The molecular formula is C16H18N2O. The number of aromatic nitrogens is 2. The molecule has 3 rings (SSSR count). The number of ketones is 1. The van der Waals surface area contributed by atoms with Crippen molar-refractivity contribution in [2.45, 2.75) is 32.7 Å². The molecule has 0 fully saturated rings. The molecule has 0 amide bonds. The first-order chi connectivity index (χ1) is 9.28. The molecule has 1 heterocycles. The molecule has 0 radical (unpaired) electrons. The number of carbonyl (C=O) groups excluding carboxylic acids is 1. The van der Waals surface area contributed by atoms with E-state index < -0.39 is 0 Å². The summed E-state index contributed by atoms with van der Waals surface area (Å²) in [6.45, 7) is 2.83. The van der Waals surface area contributed by atoms with E-state index in [4.69, 9.17) is 0 Å². The summed E-state index contributed by atoms with van der Waals surface area (Å²) in [4.78, 5) is 12.5. The van der Waals surface area contributed by atoms with E-state index in [-0.39, 0.29) is 11.7 Å². The van der Waals surface area contributed by atoms with E-state index in [9.17, 15) is 4.79 Å². The Hall–Kier alpha value is -1.90. The second-order valence-corrected chi connectivity index (χ2v) is 5.16. The molecule has 1 atom stereocenters.